The zero-order valence-electron chi connectivity index (χ0n) is 9.75. The molecule has 3 aromatic heterocycles. The minimum atomic E-state index is 0.121. The molecule has 3 heterocycles. The molecule has 3 rings (SSSR count). The zero-order valence-corrected chi connectivity index (χ0v) is 9.75. The van der Waals surface area contributed by atoms with Crippen LogP contribution < -0.4 is 11.5 Å². The second-order valence-corrected chi connectivity index (χ2v) is 3.77. The van der Waals surface area contributed by atoms with Crippen molar-refractivity contribution >= 4 is 22.9 Å². The average Bonchev–Trinajstić information content (AvgIpc) is 2.94. The number of H-pyrrole nitrogens is 1. The van der Waals surface area contributed by atoms with E-state index in [4.69, 9.17) is 11.5 Å². The van der Waals surface area contributed by atoms with Gasteiger partial charge in [0.25, 0.3) is 0 Å². The van der Waals surface area contributed by atoms with E-state index in [9.17, 15) is 0 Å². The Bertz CT molecular complexity index is 696. The second kappa shape index (κ2) is 3.69. The average molecular weight is 244 g/mol. The monoisotopic (exact) mass is 244 g/mol. The lowest BCUT2D eigenvalue weighted by Gasteiger charge is -2.03. The molecule has 0 spiro atoms. The summed E-state index contributed by atoms with van der Waals surface area (Å²) >= 11 is 0. The molecule has 0 amide bonds. The fourth-order valence-electron chi connectivity index (χ4n) is 1.88. The van der Waals surface area contributed by atoms with Crippen molar-refractivity contribution in [1.29, 1.82) is 0 Å². The quantitative estimate of drug-likeness (QED) is 0.594. The molecule has 18 heavy (non-hydrogen) atoms. The standard InChI is InChI=1S/C10H12N8/c1-2-5-15-6-7(11)16-9(12)17-8(6)18(5)10-13-3-4-14-10/h3-4H,2H2,1H3,(H,13,14)(H4,11,12,16,17). The minimum Gasteiger partial charge on any atom is -0.382 e. The summed E-state index contributed by atoms with van der Waals surface area (Å²) in [5.41, 5.74) is 12.5. The Kier molecular flexibility index (Phi) is 2.15. The van der Waals surface area contributed by atoms with E-state index < -0.39 is 0 Å². The van der Waals surface area contributed by atoms with Crippen molar-refractivity contribution < 1.29 is 0 Å². The van der Waals surface area contributed by atoms with Crippen LogP contribution in [0, 0.1) is 0 Å². The number of aromatic amines is 1. The topological polar surface area (TPSA) is 124 Å². The molecule has 0 aliphatic carbocycles. The first kappa shape index (κ1) is 10.5. The maximum atomic E-state index is 5.81. The van der Waals surface area contributed by atoms with Gasteiger partial charge in [-0.2, -0.15) is 9.97 Å². The molecule has 0 aliphatic rings. The summed E-state index contributed by atoms with van der Waals surface area (Å²) < 4.78 is 1.80. The third-order valence-electron chi connectivity index (χ3n) is 2.63. The van der Waals surface area contributed by atoms with Crippen LogP contribution in [-0.4, -0.2) is 29.5 Å². The third kappa shape index (κ3) is 1.39. The van der Waals surface area contributed by atoms with Crippen molar-refractivity contribution in [2.24, 2.45) is 0 Å². The number of aromatic nitrogens is 6. The van der Waals surface area contributed by atoms with Gasteiger partial charge in [0.15, 0.2) is 17.0 Å². The van der Waals surface area contributed by atoms with Gasteiger partial charge < -0.3 is 16.5 Å². The maximum Gasteiger partial charge on any atom is 0.224 e. The highest BCUT2D eigenvalue weighted by Crippen LogP contribution is 2.22. The Balaban J connectivity index is 2.41. The fraction of sp³-hybridized carbons (Fsp3) is 0.200. The van der Waals surface area contributed by atoms with Crippen LogP contribution in [0.3, 0.4) is 0 Å². The van der Waals surface area contributed by atoms with Gasteiger partial charge >= 0.3 is 0 Å². The van der Waals surface area contributed by atoms with Gasteiger partial charge in [-0.25, -0.2) is 14.5 Å². The first-order valence-corrected chi connectivity index (χ1v) is 5.50. The molecule has 5 N–H and O–H groups in total. The highest BCUT2D eigenvalue weighted by Gasteiger charge is 2.17. The Morgan fingerprint density at radius 1 is 1.28 bits per heavy atom. The molecule has 0 saturated heterocycles. The van der Waals surface area contributed by atoms with Crippen molar-refractivity contribution in [3.63, 3.8) is 0 Å². The summed E-state index contributed by atoms with van der Waals surface area (Å²) in [5.74, 6) is 1.83. The van der Waals surface area contributed by atoms with E-state index in [1.54, 1.807) is 17.0 Å². The second-order valence-electron chi connectivity index (χ2n) is 3.77. The zero-order chi connectivity index (χ0) is 12.7. The molecule has 8 nitrogen and oxygen atoms in total. The summed E-state index contributed by atoms with van der Waals surface area (Å²) in [5, 5.41) is 0. The number of nitrogens with one attached hydrogen (secondary N) is 1. The number of rotatable bonds is 2. The molecule has 0 aromatic carbocycles. The number of aryl methyl sites for hydroxylation is 1. The van der Waals surface area contributed by atoms with Gasteiger partial charge in [0, 0.05) is 18.8 Å². The largest absolute Gasteiger partial charge is 0.382 e. The molecule has 92 valence electrons. The normalized spacial score (nSPS) is 11.2. The number of hydrogen-bond donors (Lipinski definition) is 3. The van der Waals surface area contributed by atoms with Crippen molar-refractivity contribution in [3.8, 4) is 5.95 Å². The Labute approximate surface area is 102 Å². The van der Waals surface area contributed by atoms with Crippen LogP contribution in [0.5, 0.6) is 0 Å². The number of hydrogen-bond acceptors (Lipinski definition) is 6. The number of imidazole rings is 2. The van der Waals surface area contributed by atoms with Crippen molar-refractivity contribution in [1.82, 2.24) is 29.5 Å². The molecule has 3 aromatic rings. The number of nitrogens with zero attached hydrogens (tertiary/aromatic N) is 5. The van der Waals surface area contributed by atoms with Gasteiger partial charge in [-0.1, -0.05) is 6.92 Å². The number of anilines is 2. The molecule has 8 heteroatoms. The van der Waals surface area contributed by atoms with E-state index in [2.05, 4.69) is 24.9 Å². The lowest BCUT2D eigenvalue weighted by molar-refractivity contribution is 0.861. The van der Waals surface area contributed by atoms with E-state index in [0.717, 1.165) is 12.2 Å². The van der Waals surface area contributed by atoms with Crippen LogP contribution >= 0.6 is 0 Å². The first-order valence-electron chi connectivity index (χ1n) is 5.50. The predicted molar refractivity (Wildman–Crippen MR) is 67.0 cm³/mol. The Morgan fingerprint density at radius 3 is 2.78 bits per heavy atom. The van der Waals surface area contributed by atoms with Crippen molar-refractivity contribution in [3.05, 3.63) is 18.2 Å². The Morgan fingerprint density at radius 2 is 2.11 bits per heavy atom. The first-order chi connectivity index (χ1) is 8.70. The molecule has 0 fully saturated rings. The fourth-order valence-corrected chi connectivity index (χ4v) is 1.88. The van der Waals surface area contributed by atoms with Crippen LogP contribution in [0.4, 0.5) is 11.8 Å². The summed E-state index contributed by atoms with van der Waals surface area (Å²) in [7, 11) is 0. The molecule has 0 unspecified atom stereocenters. The van der Waals surface area contributed by atoms with Crippen LogP contribution in [0.25, 0.3) is 17.1 Å². The van der Waals surface area contributed by atoms with E-state index in [-0.39, 0.29) is 11.8 Å². The molecule has 0 aliphatic heterocycles. The highest BCUT2D eigenvalue weighted by atomic mass is 15.3. The minimum absolute atomic E-state index is 0.121. The van der Waals surface area contributed by atoms with E-state index in [1.807, 2.05) is 6.92 Å². The molecule has 0 atom stereocenters. The van der Waals surface area contributed by atoms with E-state index >= 15 is 0 Å². The van der Waals surface area contributed by atoms with Gasteiger partial charge in [-0.15, -0.1) is 0 Å². The Hall–Kier alpha value is -2.64. The highest BCUT2D eigenvalue weighted by molar-refractivity contribution is 5.84. The third-order valence-corrected chi connectivity index (χ3v) is 2.63. The molecule has 0 radical (unpaired) electrons. The smallest absolute Gasteiger partial charge is 0.224 e. The molecular formula is C10H12N8. The maximum absolute atomic E-state index is 5.81. The summed E-state index contributed by atoms with van der Waals surface area (Å²) in [4.78, 5) is 19.7. The van der Waals surface area contributed by atoms with Gasteiger partial charge in [0.1, 0.15) is 5.82 Å². The van der Waals surface area contributed by atoms with Crippen LogP contribution in [0.15, 0.2) is 12.4 Å². The van der Waals surface area contributed by atoms with E-state index in [0.29, 0.717) is 17.1 Å². The van der Waals surface area contributed by atoms with Gasteiger partial charge in [-0.05, 0) is 0 Å². The summed E-state index contributed by atoms with van der Waals surface area (Å²) in [6.45, 7) is 1.99. The van der Waals surface area contributed by atoms with Crippen molar-refractivity contribution in [2.75, 3.05) is 11.5 Å². The van der Waals surface area contributed by atoms with Crippen molar-refractivity contribution in [2.45, 2.75) is 13.3 Å². The molecule has 0 saturated carbocycles. The summed E-state index contributed by atoms with van der Waals surface area (Å²) in [6.07, 6.45) is 4.11. The predicted octanol–water partition coefficient (Wildman–Crippen LogP) is 0.265. The van der Waals surface area contributed by atoms with E-state index in [1.165, 1.54) is 0 Å². The van der Waals surface area contributed by atoms with Gasteiger partial charge in [-0.3, -0.25) is 0 Å². The van der Waals surface area contributed by atoms with Crippen LogP contribution in [0.1, 0.15) is 12.7 Å². The SMILES string of the molecule is CCc1nc2c(N)nc(N)nc2n1-c1ncc[nH]1. The molecule has 0 bridgehead atoms. The summed E-state index contributed by atoms with van der Waals surface area (Å²) in [6, 6.07) is 0. The van der Waals surface area contributed by atoms with Gasteiger partial charge in [0.05, 0.1) is 0 Å². The lowest BCUT2D eigenvalue weighted by Crippen LogP contribution is -2.05. The number of fused-ring (bicyclic) bond motifs is 1. The number of nitrogen functional groups attached to an aromatic ring is 2. The molecular weight excluding hydrogens is 232 g/mol. The number of nitrogens with two attached hydrogens (primary N) is 2. The van der Waals surface area contributed by atoms with Gasteiger partial charge in [0.2, 0.25) is 11.9 Å². The van der Waals surface area contributed by atoms with Crippen LogP contribution in [0.2, 0.25) is 0 Å². The van der Waals surface area contributed by atoms with Crippen LogP contribution in [-0.2, 0) is 6.42 Å². The lowest BCUT2D eigenvalue weighted by atomic mass is 10.4.